The monoisotopic (exact) mass is 1050 g/mol. The second-order valence-electron chi connectivity index (χ2n) is 14.4. The predicted molar refractivity (Wildman–Crippen MR) is 255 cm³/mol. The van der Waals surface area contributed by atoms with E-state index in [2.05, 4.69) is 90.9 Å². The number of hydrogen-bond donors (Lipinski definition) is 0. The normalized spacial score (nSPS) is 10.4. The fourth-order valence-corrected chi connectivity index (χ4v) is 8.28. The molecule has 11 nitrogen and oxygen atoms in total. The van der Waals surface area contributed by atoms with E-state index in [-0.39, 0.29) is 30.9 Å². The topological polar surface area (TPSA) is 153 Å². The van der Waals surface area contributed by atoms with E-state index in [0.717, 1.165) is 46.2 Å². The number of nitrogens with zero attached hydrogens (tertiary/aromatic N) is 7. The number of alkyl halides is 3. The molecule has 0 unspecified atom stereocenters. The zero-order valence-electron chi connectivity index (χ0n) is 36.4. The number of aromatic nitrogens is 6. The molecule has 0 saturated heterocycles. The van der Waals surface area contributed by atoms with Crippen LogP contribution in [0.15, 0.2) is 96.1 Å². The van der Waals surface area contributed by atoms with Gasteiger partial charge in [-0.2, -0.15) is 18.3 Å². The molecule has 7 aromatic rings. The number of ether oxygens (including phenoxy) is 2. The number of aryl methyl sites for hydroxylation is 2. The third-order valence-corrected chi connectivity index (χ3v) is 11.6. The summed E-state index contributed by atoms with van der Waals surface area (Å²) in [7, 11) is 0. The number of carbonyl (C=O) groups excluding carboxylic acids is 2. The van der Waals surface area contributed by atoms with Gasteiger partial charge in [-0.15, -0.1) is 22.7 Å². The first kappa shape index (κ1) is 53.5. The van der Waals surface area contributed by atoms with Crippen LogP contribution in [0.2, 0.25) is 0 Å². The SMILES string of the molecule is CCCCCCc1ccsc1-c1ccnc(-c2cc(C(F)(F)F)n[n-]2)c1.CCCCCCc1ccsc1C#Cc1ccnc(-c2cc(OC=O)cc(-c3cc(OC=O)ccn3)n2)c1.[N-]=C=S.[Ru+2]. The summed E-state index contributed by atoms with van der Waals surface area (Å²) < 4.78 is 48.2. The van der Waals surface area contributed by atoms with Crippen LogP contribution in [0.5, 0.6) is 11.5 Å². The summed E-state index contributed by atoms with van der Waals surface area (Å²) in [5.74, 6) is 7.16. The van der Waals surface area contributed by atoms with Crippen molar-refractivity contribution in [3.05, 3.63) is 129 Å². The molecule has 346 valence electrons. The zero-order valence-corrected chi connectivity index (χ0v) is 40.6. The molecular formula is C49H44F3N7O4RuS3. The number of pyridine rings is 4. The molecule has 0 atom stereocenters. The number of rotatable bonds is 18. The quantitative estimate of drug-likeness (QED) is 0.0201. The van der Waals surface area contributed by atoms with E-state index in [1.165, 1.54) is 67.4 Å². The van der Waals surface area contributed by atoms with Crippen LogP contribution < -0.4 is 14.6 Å². The number of halogens is 3. The van der Waals surface area contributed by atoms with Crippen molar-refractivity contribution in [1.29, 1.82) is 0 Å². The molecule has 0 aliphatic heterocycles. The van der Waals surface area contributed by atoms with Crippen LogP contribution in [0.25, 0.3) is 50.0 Å². The van der Waals surface area contributed by atoms with E-state index >= 15 is 0 Å². The van der Waals surface area contributed by atoms with Crippen LogP contribution in [0.3, 0.4) is 0 Å². The molecule has 0 radical (unpaired) electrons. The van der Waals surface area contributed by atoms with Crippen molar-refractivity contribution in [3.8, 4) is 67.9 Å². The minimum atomic E-state index is -4.50. The molecule has 0 aliphatic carbocycles. The van der Waals surface area contributed by atoms with Gasteiger partial charge in [-0.1, -0.05) is 82.1 Å². The second kappa shape index (κ2) is 28.2. The molecule has 7 aromatic heterocycles. The first-order valence-electron chi connectivity index (χ1n) is 21.0. The average Bonchev–Trinajstić information content (AvgIpc) is 4.12. The summed E-state index contributed by atoms with van der Waals surface area (Å²) in [4.78, 5) is 41.5. The van der Waals surface area contributed by atoms with Crippen LogP contribution in [0.1, 0.15) is 92.5 Å². The molecule has 0 spiro atoms. The third-order valence-electron chi connectivity index (χ3n) is 9.71. The Morgan fingerprint density at radius 1 is 0.701 bits per heavy atom. The Morgan fingerprint density at radius 2 is 1.28 bits per heavy atom. The van der Waals surface area contributed by atoms with Gasteiger partial charge in [0.25, 0.3) is 12.9 Å². The zero-order chi connectivity index (χ0) is 47.2. The van der Waals surface area contributed by atoms with E-state index < -0.39 is 11.9 Å². The number of carbonyl (C=O) groups is 2. The predicted octanol–water partition coefficient (Wildman–Crippen LogP) is 12.5. The van der Waals surface area contributed by atoms with Crippen LogP contribution in [-0.2, 0) is 48.1 Å². The summed E-state index contributed by atoms with van der Waals surface area (Å²) in [6, 6.07) is 18.9. The molecule has 0 aliphatic rings. The fraction of sp³-hybridized carbons (Fsp3) is 0.265. The minimum absolute atomic E-state index is 0. The van der Waals surface area contributed by atoms with Crippen molar-refractivity contribution in [3.63, 3.8) is 0 Å². The Morgan fingerprint density at radius 3 is 1.94 bits per heavy atom. The van der Waals surface area contributed by atoms with Crippen molar-refractivity contribution in [2.24, 2.45) is 0 Å². The Hall–Kier alpha value is -6.08. The van der Waals surface area contributed by atoms with Crippen LogP contribution in [-0.4, -0.2) is 43.1 Å². The van der Waals surface area contributed by atoms with E-state index in [1.807, 2.05) is 18.2 Å². The van der Waals surface area contributed by atoms with Crippen molar-refractivity contribution < 1.29 is 51.7 Å². The Labute approximate surface area is 413 Å². The molecule has 0 bridgehead atoms. The van der Waals surface area contributed by atoms with E-state index in [4.69, 9.17) is 14.9 Å². The van der Waals surface area contributed by atoms with Gasteiger partial charge < -0.3 is 25.1 Å². The largest absolute Gasteiger partial charge is 2.00 e. The molecule has 67 heavy (non-hydrogen) atoms. The maximum absolute atomic E-state index is 12.7. The first-order chi connectivity index (χ1) is 32.1. The molecule has 18 heteroatoms. The van der Waals surface area contributed by atoms with Crippen molar-refractivity contribution in [2.75, 3.05) is 0 Å². The van der Waals surface area contributed by atoms with Gasteiger partial charge in [-0.3, -0.25) is 24.5 Å². The second-order valence-corrected chi connectivity index (χ2v) is 16.4. The average molecular weight is 1050 g/mol. The van der Waals surface area contributed by atoms with Gasteiger partial charge in [-0.25, -0.2) is 4.98 Å². The van der Waals surface area contributed by atoms with Crippen molar-refractivity contribution in [1.82, 2.24) is 30.1 Å². The van der Waals surface area contributed by atoms with Crippen LogP contribution >= 0.6 is 34.9 Å². The summed E-state index contributed by atoms with van der Waals surface area (Å²) in [5.41, 5.74) is 5.77. The Balaban J connectivity index is 0.000000287. The smallest absolute Gasteiger partial charge is 0.753 e. The van der Waals surface area contributed by atoms with Crippen molar-refractivity contribution in [2.45, 2.75) is 84.2 Å². The van der Waals surface area contributed by atoms with Gasteiger partial charge in [0.2, 0.25) is 0 Å². The Kier molecular flexibility index (Phi) is 22.5. The van der Waals surface area contributed by atoms with Gasteiger partial charge in [0, 0.05) is 47.2 Å². The summed E-state index contributed by atoms with van der Waals surface area (Å²) in [5, 5.41) is 19.5. The third kappa shape index (κ3) is 16.6. The number of isothiocyanates is 1. The summed E-state index contributed by atoms with van der Waals surface area (Å²) in [6.45, 7) is 5.08. The first-order valence-corrected chi connectivity index (χ1v) is 23.1. The maximum Gasteiger partial charge on any atom is 2.00 e. The molecule has 0 N–H and O–H groups in total. The van der Waals surface area contributed by atoms with Gasteiger partial charge in [-0.05, 0) is 102 Å². The maximum atomic E-state index is 12.7. The molecule has 7 rings (SSSR count). The molecule has 0 saturated carbocycles. The summed E-state index contributed by atoms with van der Waals surface area (Å²) >= 11 is 6.99. The van der Waals surface area contributed by atoms with Gasteiger partial charge >= 0.3 is 25.7 Å². The van der Waals surface area contributed by atoms with E-state index in [0.29, 0.717) is 47.2 Å². The Bertz CT molecular complexity index is 2760. The van der Waals surface area contributed by atoms with E-state index in [9.17, 15) is 22.8 Å². The van der Waals surface area contributed by atoms with Gasteiger partial charge in [0.1, 0.15) is 17.2 Å². The molecule has 7 heterocycles. The van der Waals surface area contributed by atoms with Crippen LogP contribution in [0, 0.1) is 11.8 Å². The number of unbranched alkanes of at least 4 members (excludes halogenated alkanes) is 6. The van der Waals surface area contributed by atoms with Gasteiger partial charge in [0.05, 0.1) is 33.3 Å². The van der Waals surface area contributed by atoms with Gasteiger partial charge in [0.15, 0.2) is 0 Å². The number of hydrogen-bond acceptors (Lipinski definition) is 12. The molecular weight excluding hydrogens is 1000 g/mol. The van der Waals surface area contributed by atoms with Crippen molar-refractivity contribution >= 4 is 53.0 Å². The molecule has 0 amide bonds. The van der Waals surface area contributed by atoms with E-state index in [1.54, 1.807) is 65.4 Å². The number of thiocarbonyl (C=S) groups is 1. The minimum Gasteiger partial charge on any atom is -0.753 e. The summed E-state index contributed by atoms with van der Waals surface area (Å²) in [6.07, 6.45) is 12.0. The number of thiophene rings is 2. The standard InChI is InChI=1S/C29H25N3O4S.C19H19F3N3S.CNS.Ru/c1-2-3-4-5-6-22-11-14-37-29(22)8-7-21-9-12-30-25(15-21)27-17-24(36-20-34)18-28(32-27)26-16-23(35-19-33)10-13-31-26;1-2-3-4-5-6-13-8-10-26-18(13)14-7-9-23-15(11-14)16-12-17(25-24-16)19(20,21)22;2-1-3;/h9-20H,2-6H2,1H3;7-12H,2-6H2,1H3;;/q;2*-1;+2. The molecule has 0 aromatic carbocycles. The fourth-order valence-electron chi connectivity index (χ4n) is 6.53. The van der Waals surface area contributed by atoms with Crippen LogP contribution in [0.4, 0.5) is 13.2 Å². The molecule has 0 fully saturated rings.